The van der Waals surface area contributed by atoms with Gasteiger partial charge < -0.3 is 4.57 Å². The molecule has 0 aliphatic heterocycles. The van der Waals surface area contributed by atoms with Crippen molar-refractivity contribution in [1.29, 1.82) is 0 Å². The normalized spacial score (nSPS) is 12.7. The minimum absolute atomic E-state index is 0.0293. The molecule has 0 bridgehead atoms. The van der Waals surface area contributed by atoms with Crippen LogP contribution in [0.4, 0.5) is 0 Å². The van der Waals surface area contributed by atoms with Crippen LogP contribution < -0.4 is 11.2 Å². The van der Waals surface area contributed by atoms with Crippen molar-refractivity contribution >= 4 is 16.9 Å². The first-order valence-electron chi connectivity index (χ1n) is 9.23. The van der Waals surface area contributed by atoms with Crippen LogP contribution in [0.3, 0.4) is 0 Å². The summed E-state index contributed by atoms with van der Waals surface area (Å²) in [5.74, 6) is 0.657. The van der Waals surface area contributed by atoms with E-state index in [1.165, 1.54) is 9.13 Å². The van der Waals surface area contributed by atoms with Crippen molar-refractivity contribution in [3.8, 4) is 0 Å². The SMILES string of the molecule is C=CCn1c(=O)c2c(nc3n([C@@H](C)c4ccccc4)c(C)c(C)n23)n(C)c1=O. The third-order valence-electron chi connectivity index (χ3n) is 5.54. The van der Waals surface area contributed by atoms with Crippen molar-refractivity contribution in [1.82, 2.24) is 23.1 Å². The molecule has 144 valence electrons. The van der Waals surface area contributed by atoms with Gasteiger partial charge in [-0.05, 0) is 26.3 Å². The molecule has 0 amide bonds. The van der Waals surface area contributed by atoms with E-state index in [2.05, 4.69) is 30.2 Å². The monoisotopic (exact) mass is 377 g/mol. The zero-order chi connectivity index (χ0) is 20.2. The van der Waals surface area contributed by atoms with E-state index in [4.69, 9.17) is 4.98 Å². The highest BCUT2D eigenvalue weighted by Crippen LogP contribution is 2.27. The Bertz CT molecular complexity index is 1340. The predicted molar refractivity (Wildman–Crippen MR) is 110 cm³/mol. The first kappa shape index (κ1) is 18.0. The number of benzene rings is 1. The van der Waals surface area contributed by atoms with E-state index in [-0.39, 0.29) is 18.1 Å². The van der Waals surface area contributed by atoms with Gasteiger partial charge in [0.05, 0.1) is 6.04 Å². The Hall–Kier alpha value is -3.35. The summed E-state index contributed by atoms with van der Waals surface area (Å²) in [7, 11) is 1.64. The first-order valence-corrected chi connectivity index (χ1v) is 9.23. The Morgan fingerprint density at radius 1 is 1.14 bits per heavy atom. The van der Waals surface area contributed by atoms with Crippen molar-refractivity contribution < 1.29 is 0 Å². The molecule has 3 heterocycles. The lowest BCUT2D eigenvalue weighted by Gasteiger charge is -2.16. The third-order valence-corrected chi connectivity index (χ3v) is 5.54. The molecule has 0 aliphatic rings. The smallest absolute Gasteiger partial charge is 0.307 e. The van der Waals surface area contributed by atoms with E-state index in [9.17, 15) is 9.59 Å². The Morgan fingerprint density at radius 3 is 2.46 bits per heavy atom. The van der Waals surface area contributed by atoms with Crippen molar-refractivity contribution in [3.63, 3.8) is 0 Å². The summed E-state index contributed by atoms with van der Waals surface area (Å²) in [5.41, 5.74) is 3.17. The second kappa shape index (κ2) is 6.37. The molecule has 0 spiro atoms. The Labute approximate surface area is 161 Å². The molecular formula is C21H23N5O2. The number of fused-ring (bicyclic) bond motifs is 3. The van der Waals surface area contributed by atoms with Gasteiger partial charge in [-0.1, -0.05) is 36.4 Å². The van der Waals surface area contributed by atoms with E-state index in [1.807, 2.05) is 36.4 Å². The molecule has 1 aromatic carbocycles. The van der Waals surface area contributed by atoms with Gasteiger partial charge >= 0.3 is 5.69 Å². The van der Waals surface area contributed by atoms with Crippen LogP contribution in [0, 0.1) is 13.8 Å². The number of imidazole rings is 2. The molecule has 0 unspecified atom stereocenters. The second-order valence-corrected chi connectivity index (χ2v) is 7.09. The highest BCUT2D eigenvalue weighted by molar-refractivity contribution is 5.76. The topological polar surface area (TPSA) is 66.2 Å². The number of rotatable bonds is 4. The van der Waals surface area contributed by atoms with Gasteiger partial charge in [0.2, 0.25) is 5.78 Å². The zero-order valence-corrected chi connectivity index (χ0v) is 16.5. The maximum absolute atomic E-state index is 13.1. The Morgan fingerprint density at radius 2 is 1.82 bits per heavy atom. The molecule has 0 fully saturated rings. The molecule has 28 heavy (non-hydrogen) atoms. The molecule has 0 N–H and O–H groups in total. The van der Waals surface area contributed by atoms with Gasteiger partial charge in [-0.25, -0.2) is 4.79 Å². The first-order chi connectivity index (χ1) is 13.4. The number of aryl methyl sites for hydroxylation is 2. The van der Waals surface area contributed by atoms with Crippen molar-refractivity contribution in [2.75, 3.05) is 0 Å². The lowest BCUT2D eigenvalue weighted by Crippen LogP contribution is -2.39. The van der Waals surface area contributed by atoms with Crippen molar-refractivity contribution in [2.45, 2.75) is 33.4 Å². The fourth-order valence-corrected chi connectivity index (χ4v) is 3.91. The van der Waals surface area contributed by atoms with Gasteiger partial charge in [0.1, 0.15) is 0 Å². The summed E-state index contributed by atoms with van der Waals surface area (Å²) in [6.45, 7) is 9.92. The summed E-state index contributed by atoms with van der Waals surface area (Å²) in [5, 5.41) is 0. The fourth-order valence-electron chi connectivity index (χ4n) is 3.91. The minimum Gasteiger partial charge on any atom is -0.307 e. The van der Waals surface area contributed by atoms with Crippen LogP contribution in [0.2, 0.25) is 0 Å². The highest BCUT2D eigenvalue weighted by Gasteiger charge is 2.24. The maximum atomic E-state index is 13.1. The van der Waals surface area contributed by atoms with Crippen molar-refractivity contribution in [2.24, 2.45) is 7.05 Å². The standard InChI is InChI=1S/C21H23N5O2/c1-6-12-24-19(27)17-18(23(5)21(24)28)22-20-25(13(2)14(3)26(17)20)15(4)16-10-8-7-9-11-16/h6-11,15H,1,12H2,2-5H3/t15-/m0/s1. The average molecular weight is 377 g/mol. The van der Waals surface area contributed by atoms with Gasteiger partial charge in [-0.3, -0.25) is 18.3 Å². The molecule has 7 nitrogen and oxygen atoms in total. The third kappa shape index (κ3) is 2.32. The van der Waals surface area contributed by atoms with E-state index in [0.717, 1.165) is 17.0 Å². The lowest BCUT2D eigenvalue weighted by molar-refractivity contribution is 0.637. The van der Waals surface area contributed by atoms with Crippen LogP contribution >= 0.6 is 0 Å². The molecule has 4 rings (SSSR count). The van der Waals surface area contributed by atoms with Crippen LogP contribution in [0.25, 0.3) is 16.9 Å². The molecule has 1 atom stereocenters. The zero-order valence-electron chi connectivity index (χ0n) is 16.5. The number of nitrogens with zero attached hydrogens (tertiary/aromatic N) is 5. The highest BCUT2D eigenvalue weighted by atomic mass is 16.2. The lowest BCUT2D eigenvalue weighted by atomic mass is 10.1. The van der Waals surface area contributed by atoms with E-state index in [0.29, 0.717) is 16.9 Å². The largest absolute Gasteiger partial charge is 0.332 e. The summed E-state index contributed by atoms with van der Waals surface area (Å²) in [6, 6.07) is 10.2. The van der Waals surface area contributed by atoms with E-state index >= 15 is 0 Å². The van der Waals surface area contributed by atoms with Crippen LogP contribution in [0.1, 0.15) is 29.9 Å². The van der Waals surface area contributed by atoms with E-state index < -0.39 is 5.69 Å². The van der Waals surface area contributed by atoms with Crippen LogP contribution in [-0.4, -0.2) is 23.1 Å². The number of allylic oxidation sites excluding steroid dienone is 1. The molecule has 0 radical (unpaired) electrons. The molecular weight excluding hydrogens is 354 g/mol. The van der Waals surface area contributed by atoms with Gasteiger partial charge in [0, 0.05) is 25.0 Å². The van der Waals surface area contributed by atoms with Gasteiger partial charge in [0.25, 0.3) is 5.56 Å². The molecule has 0 saturated heterocycles. The maximum Gasteiger partial charge on any atom is 0.332 e. The molecule has 7 heteroatoms. The minimum atomic E-state index is -0.393. The van der Waals surface area contributed by atoms with Crippen LogP contribution in [-0.2, 0) is 13.6 Å². The van der Waals surface area contributed by atoms with Gasteiger partial charge in [-0.15, -0.1) is 6.58 Å². The van der Waals surface area contributed by atoms with E-state index in [1.54, 1.807) is 13.1 Å². The summed E-state index contributed by atoms with van der Waals surface area (Å²) < 4.78 is 6.60. The second-order valence-electron chi connectivity index (χ2n) is 7.09. The number of hydrogen-bond donors (Lipinski definition) is 0. The van der Waals surface area contributed by atoms with Gasteiger partial charge in [-0.2, -0.15) is 4.98 Å². The molecule has 0 aliphatic carbocycles. The van der Waals surface area contributed by atoms with Crippen LogP contribution in [0.5, 0.6) is 0 Å². The number of aromatic nitrogens is 5. The molecule has 0 saturated carbocycles. The summed E-state index contributed by atoms with van der Waals surface area (Å²) >= 11 is 0. The number of hydrogen-bond acceptors (Lipinski definition) is 3. The van der Waals surface area contributed by atoms with Crippen LogP contribution in [0.15, 0.2) is 52.6 Å². The summed E-state index contributed by atoms with van der Waals surface area (Å²) in [6.07, 6.45) is 1.55. The molecule has 3 aromatic heterocycles. The predicted octanol–water partition coefficient (Wildman–Crippen LogP) is 2.56. The quantitative estimate of drug-likeness (QED) is 0.514. The Balaban J connectivity index is 2.14. The fraction of sp³-hybridized carbons (Fsp3) is 0.286. The summed E-state index contributed by atoms with van der Waals surface area (Å²) in [4.78, 5) is 30.4. The van der Waals surface area contributed by atoms with Gasteiger partial charge in [0.15, 0.2) is 11.2 Å². The molecule has 4 aromatic rings. The average Bonchev–Trinajstić information content (AvgIpc) is 3.19. The van der Waals surface area contributed by atoms with Crippen molar-refractivity contribution in [3.05, 3.63) is 80.8 Å². The Kier molecular flexibility index (Phi) is 4.10.